The molecule has 2 fully saturated rings. The predicted molar refractivity (Wildman–Crippen MR) is 75.8 cm³/mol. The fourth-order valence-corrected chi connectivity index (χ4v) is 4.84. The van der Waals surface area contributed by atoms with Crippen LogP contribution in [0.25, 0.3) is 0 Å². The van der Waals surface area contributed by atoms with Crippen molar-refractivity contribution in [2.45, 2.75) is 43.5 Å². The summed E-state index contributed by atoms with van der Waals surface area (Å²) < 4.78 is 24.0. The van der Waals surface area contributed by atoms with Crippen molar-refractivity contribution in [2.24, 2.45) is 5.92 Å². The zero-order valence-corrected chi connectivity index (χ0v) is 12.3. The molecule has 2 aliphatic heterocycles. The highest BCUT2D eigenvalue weighted by Crippen LogP contribution is 2.60. The van der Waals surface area contributed by atoms with Crippen molar-refractivity contribution in [3.8, 4) is 11.5 Å². The lowest BCUT2D eigenvalue weighted by molar-refractivity contribution is -0.235. The Kier molecular flexibility index (Phi) is 2.43. The van der Waals surface area contributed by atoms with E-state index in [1.807, 2.05) is 6.07 Å². The Morgan fingerprint density at radius 1 is 1.19 bits per heavy atom. The average molecular weight is 288 g/mol. The van der Waals surface area contributed by atoms with Crippen LogP contribution in [0.1, 0.15) is 36.3 Å². The quantitative estimate of drug-likeness (QED) is 0.796. The van der Waals surface area contributed by atoms with E-state index in [0.29, 0.717) is 25.0 Å². The summed E-state index contributed by atoms with van der Waals surface area (Å²) in [6.07, 6.45) is 4.51. The van der Waals surface area contributed by atoms with E-state index >= 15 is 0 Å². The highest BCUT2D eigenvalue weighted by molar-refractivity contribution is 5.57. The number of fused-ring (bicyclic) bond motifs is 1. The normalized spacial score (nSPS) is 34.6. The molecule has 4 heteroatoms. The summed E-state index contributed by atoms with van der Waals surface area (Å²) in [7, 11) is 1.71. The van der Waals surface area contributed by atoms with Gasteiger partial charge in [0.15, 0.2) is 17.6 Å². The molecular formula is C17H20O4. The first-order valence-corrected chi connectivity index (χ1v) is 7.97. The number of hydrogen-bond acceptors (Lipinski definition) is 4. The van der Waals surface area contributed by atoms with Crippen LogP contribution in [0.4, 0.5) is 0 Å². The lowest BCUT2D eigenvalue weighted by atomic mass is 9.66. The molecule has 4 aliphatic rings. The van der Waals surface area contributed by atoms with E-state index in [-0.39, 0.29) is 6.10 Å². The molecule has 0 aromatic heterocycles. The molecule has 21 heavy (non-hydrogen) atoms. The molecule has 1 aromatic carbocycles. The van der Waals surface area contributed by atoms with Gasteiger partial charge in [0, 0.05) is 17.9 Å². The molecule has 0 bridgehead atoms. The Morgan fingerprint density at radius 2 is 2.05 bits per heavy atom. The monoisotopic (exact) mass is 288 g/mol. The first-order valence-electron chi connectivity index (χ1n) is 7.97. The van der Waals surface area contributed by atoms with Crippen molar-refractivity contribution < 1.29 is 18.9 Å². The first kappa shape index (κ1) is 12.3. The lowest BCUT2D eigenvalue weighted by Crippen LogP contribution is -2.53. The number of aryl methyl sites for hydroxylation is 1. The molecule has 5 rings (SSSR count). The third-order valence-electron chi connectivity index (χ3n) is 5.74. The third-order valence-corrected chi connectivity index (χ3v) is 5.74. The van der Waals surface area contributed by atoms with Crippen LogP contribution in [0, 0.1) is 5.92 Å². The van der Waals surface area contributed by atoms with E-state index in [0.717, 1.165) is 24.3 Å². The lowest BCUT2D eigenvalue weighted by Gasteiger charge is -2.45. The van der Waals surface area contributed by atoms with Gasteiger partial charge in [0.2, 0.25) is 5.79 Å². The Balaban J connectivity index is 1.67. The zero-order chi connectivity index (χ0) is 14.0. The van der Waals surface area contributed by atoms with Crippen LogP contribution < -0.4 is 9.47 Å². The second-order valence-electron chi connectivity index (χ2n) is 6.58. The molecule has 0 amide bonds. The van der Waals surface area contributed by atoms with E-state index < -0.39 is 5.79 Å². The van der Waals surface area contributed by atoms with Crippen LogP contribution >= 0.6 is 0 Å². The molecule has 112 valence electrons. The van der Waals surface area contributed by atoms with Gasteiger partial charge in [-0.25, -0.2) is 0 Å². The molecule has 3 atom stereocenters. The summed E-state index contributed by atoms with van der Waals surface area (Å²) in [5.41, 5.74) is 2.79. The van der Waals surface area contributed by atoms with Crippen molar-refractivity contribution in [3.05, 3.63) is 23.3 Å². The van der Waals surface area contributed by atoms with Gasteiger partial charge in [0.25, 0.3) is 0 Å². The minimum absolute atomic E-state index is 0.0101. The third kappa shape index (κ3) is 1.47. The minimum Gasteiger partial charge on any atom is -0.493 e. The first-order chi connectivity index (χ1) is 10.3. The van der Waals surface area contributed by atoms with Crippen molar-refractivity contribution in [2.75, 3.05) is 20.3 Å². The summed E-state index contributed by atoms with van der Waals surface area (Å²) in [4.78, 5) is 0. The van der Waals surface area contributed by atoms with Gasteiger partial charge in [-0.05, 0) is 36.8 Å². The summed E-state index contributed by atoms with van der Waals surface area (Å²) in [6.45, 7) is 1.36. The van der Waals surface area contributed by atoms with Gasteiger partial charge in [-0.3, -0.25) is 0 Å². The van der Waals surface area contributed by atoms with Crippen LogP contribution in [0.3, 0.4) is 0 Å². The maximum atomic E-state index is 6.39. The maximum Gasteiger partial charge on any atom is 0.206 e. The smallest absolute Gasteiger partial charge is 0.206 e. The minimum atomic E-state index is -0.528. The van der Waals surface area contributed by atoms with Crippen LogP contribution in [0.2, 0.25) is 0 Å². The topological polar surface area (TPSA) is 36.9 Å². The highest BCUT2D eigenvalue weighted by Gasteiger charge is 2.60. The summed E-state index contributed by atoms with van der Waals surface area (Å²) >= 11 is 0. The highest BCUT2D eigenvalue weighted by atomic mass is 16.8. The van der Waals surface area contributed by atoms with Gasteiger partial charge in [0.1, 0.15) is 0 Å². The van der Waals surface area contributed by atoms with Gasteiger partial charge in [-0.1, -0.05) is 6.07 Å². The standard InChI is InChI=1S/C17H20O4/c1-18-12-5-4-10-2-3-11-6-7-17(19-8-9-20-17)16-14(11)13(10)15(12)21-16/h4-5,11,14,16H,2-3,6-9H2,1H3. The maximum absolute atomic E-state index is 6.39. The van der Waals surface area contributed by atoms with Crippen LogP contribution in [0.15, 0.2) is 12.1 Å². The SMILES string of the molecule is COc1ccc2c3c1OC1C3C(CC2)CCC12OCCO2. The second kappa shape index (κ2) is 4.14. The molecule has 2 aliphatic carbocycles. The largest absolute Gasteiger partial charge is 0.493 e. The fraction of sp³-hybridized carbons (Fsp3) is 0.647. The van der Waals surface area contributed by atoms with Crippen LogP contribution in [-0.2, 0) is 15.9 Å². The van der Waals surface area contributed by atoms with Crippen LogP contribution in [-0.4, -0.2) is 32.2 Å². The molecular weight excluding hydrogens is 268 g/mol. The Labute approximate surface area is 124 Å². The van der Waals surface area contributed by atoms with Crippen molar-refractivity contribution in [1.82, 2.24) is 0 Å². The van der Waals surface area contributed by atoms with Gasteiger partial charge in [0.05, 0.1) is 20.3 Å². The number of methoxy groups -OCH3 is 1. The second-order valence-corrected chi connectivity index (χ2v) is 6.58. The van der Waals surface area contributed by atoms with Gasteiger partial charge in [-0.15, -0.1) is 0 Å². The van der Waals surface area contributed by atoms with E-state index in [4.69, 9.17) is 18.9 Å². The number of ether oxygens (including phenoxy) is 4. The summed E-state index contributed by atoms with van der Waals surface area (Å²) in [5, 5.41) is 0. The van der Waals surface area contributed by atoms with Crippen molar-refractivity contribution >= 4 is 0 Å². The molecule has 1 saturated heterocycles. The molecule has 3 unspecified atom stereocenters. The van der Waals surface area contributed by atoms with E-state index in [1.54, 1.807) is 7.11 Å². The van der Waals surface area contributed by atoms with Crippen LogP contribution in [0.5, 0.6) is 11.5 Å². The van der Waals surface area contributed by atoms with Gasteiger partial charge < -0.3 is 18.9 Å². The van der Waals surface area contributed by atoms with E-state index in [2.05, 4.69) is 6.07 Å². The molecule has 4 nitrogen and oxygen atoms in total. The number of benzene rings is 1. The van der Waals surface area contributed by atoms with E-state index in [9.17, 15) is 0 Å². The number of hydrogen-bond donors (Lipinski definition) is 0. The predicted octanol–water partition coefficient (Wildman–Crippen LogP) is 2.64. The Hall–Kier alpha value is -1.26. The van der Waals surface area contributed by atoms with Crippen molar-refractivity contribution in [3.63, 3.8) is 0 Å². The molecule has 1 saturated carbocycles. The molecule has 1 aromatic rings. The molecule has 2 heterocycles. The Morgan fingerprint density at radius 3 is 2.86 bits per heavy atom. The van der Waals surface area contributed by atoms with Gasteiger partial charge in [-0.2, -0.15) is 0 Å². The average Bonchev–Trinajstić information content (AvgIpc) is 3.14. The number of rotatable bonds is 1. The molecule has 1 spiro atoms. The zero-order valence-electron chi connectivity index (χ0n) is 12.3. The Bertz CT molecular complexity index is 591. The summed E-state index contributed by atoms with van der Waals surface area (Å²) in [6, 6.07) is 4.24. The van der Waals surface area contributed by atoms with E-state index in [1.165, 1.54) is 24.0 Å². The van der Waals surface area contributed by atoms with Crippen molar-refractivity contribution in [1.29, 1.82) is 0 Å². The summed E-state index contributed by atoms with van der Waals surface area (Å²) in [5.74, 6) is 2.35. The van der Waals surface area contributed by atoms with Gasteiger partial charge >= 0.3 is 0 Å². The molecule has 0 N–H and O–H groups in total. The fourth-order valence-electron chi connectivity index (χ4n) is 4.84. The molecule has 0 radical (unpaired) electrons.